The summed E-state index contributed by atoms with van der Waals surface area (Å²) in [6, 6.07) is 14.5. The molecule has 0 saturated carbocycles. The third-order valence-electron chi connectivity index (χ3n) is 5.79. The summed E-state index contributed by atoms with van der Waals surface area (Å²) in [5.74, 6) is -0.659. The van der Waals surface area contributed by atoms with E-state index in [9.17, 15) is 18.0 Å². The zero-order chi connectivity index (χ0) is 25.3. The van der Waals surface area contributed by atoms with Crippen LogP contribution in [0.1, 0.15) is 43.4 Å². The molecule has 1 atom stereocenters. The first-order valence-corrected chi connectivity index (χ1v) is 13.6. The van der Waals surface area contributed by atoms with Crippen LogP contribution in [-0.2, 0) is 26.0 Å². The van der Waals surface area contributed by atoms with Crippen LogP contribution in [-0.4, -0.2) is 57.1 Å². The van der Waals surface area contributed by atoms with Gasteiger partial charge >= 0.3 is 0 Å². The van der Waals surface area contributed by atoms with E-state index >= 15 is 0 Å². The van der Waals surface area contributed by atoms with Crippen LogP contribution in [0, 0.1) is 13.8 Å². The molecule has 7 nitrogen and oxygen atoms in total. The molecule has 1 N–H and O–H groups in total. The van der Waals surface area contributed by atoms with Crippen molar-refractivity contribution in [1.29, 1.82) is 0 Å². The van der Waals surface area contributed by atoms with Crippen LogP contribution < -0.4 is 9.62 Å². The zero-order valence-electron chi connectivity index (χ0n) is 20.9. The van der Waals surface area contributed by atoms with E-state index in [0.29, 0.717) is 25.2 Å². The minimum Gasteiger partial charge on any atom is -0.354 e. The van der Waals surface area contributed by atoms with E-state index in [-0.39, 0.29) is 12.5 Å². The summed E-state index contributed by atoms with van der Waals surface area (Å²) in [5, 5.41) is 2.88. The lowest BCUT2D eigenvalue weighted by Gasteiger charge is -2.32. The molecule has 0 aromatic heterocycles. The van der Waals surface area contributed by atoms with Crippen molar-refractivity contribution < 1.29 is 18.0 Å². The van der Waals surface area contributed by atoms with E-state index in [0.717, 1.165) is 40.1 Å². The standard InChI is InChI=1S/C26H37N3O4S/c1-6-7-16-27-26(31)22(4)28(17-15-23-11-9-8-10-12-23)25(30)19-29(34(5,32)33)24-18-20(2)13-14-21(24)3/h8-14,18,22H,6-7,15-17,19H2,1-5H3,(H,27,31). The van der Waals surface area contributed by atoms with Crippen LogP contribution in [0.15, 0.2) is 48.5 Å². The molecule has 2 aromatic carbocycles. The van der Waals surface area contributed by atoms with Crippen molar-refractivity contribution in [2.75, 3.05) is 30.2 Å². The number of nitrogens with zero attached hydrogens (tertiary/aromatic N) is 2. The Hall–Kier alpha value is -2.87. The molecule has 0 saturated heterocycles. The molecular weight excluding hydrogens is 450 g/mol. The van der Waals surface area contributed by atoms with Crippen LogP contribution in [0.4, 0.5) is 5.69 Å². The molecule has 0 radical (unpaired) electrons. The number of amides is 2. The molecule has 0 aliphatic carbocycles. The lowest BCUT2D eigenvalue weighted by molar-refractivity contribution is -0.138. The van der Waals surface area contributed by atoms with Gasteiger partial charge in [-0.15, -0.1) is 0 Å². The summed E-state index contributed by atoms with van der Waals surface area (Å²) < 4.78 is 26.5. The average Bonchev–Trinajstić information content (AvgIpc) is 2.79. The summed E-state index contributed by atoms with van der Waals surface area (Å²) in [6.45, 7) is 7.89. The summed E-state index contributed by atoms with van der Waals surface area (Å²) in [4.78, 5) is 27.8. The third-order valence-corrected chi connectivity index (χ3v) is 6.92. The van der Waals surface area contributed by atoms with E-state index in [2.05, 4.69) is 5.32 Å². The minimum absolute atomic E-state index is 0.243. The summed E-state index contributed by atoms with van der Waals surface area (Å²) >= 11 is 0. The molecular formula is C26H37N3O4S. The van der Waals surface area contributed by atoms with E-state index < -0.39 is 22.0 Å². The van der Waals surface area contributed by atoms with Crippen LogP contribution in [0.2, 0.25) is 0 Å². The number of carbonyl (C=O) groups excluding carboxylic acids is 2. The van der Waals surface area contributed by atoms with Crippen molar-refractivity contribution in [2.45, 2.75) is 53.0 Å². The Labute approximate surface area is 204 Å². The summed E-state index contributed by atoms with van der Waals surface area (Å²) in [5.41, 5.74) is 3.16. The number of nitrogens with one attached hydrogen (secondary N) is 1. The molecule has 0 bridgehead atoms. The molecule has 2 rings (SSSR count). The molecule has 186 valence electrons. The highest BCUT2D eigenvalue weighted by Gasteiger charge is 2.30. The Bertz CT molecular complexity index is 1070. The second-order valence-corrected chi connectivity index (χ2v) is 10.6. The van der Waals surface area contributed by atoms with Crippen LogP contribution in [0.3, 0.4) is 0 Å². The van der Waals surface area contributed by atoms with Gasteiger partial charge in [0.25, 0.3) is 0 Å². The van der Waals surface area contributed by atoms with E-state index in [1.807, 2.05) is 63.2 Å². The smallest absolute Gasteiger partial charge is 0.244 e. The average molecular weight is 488 g/mol. The minimum atomic E-state index is -3.73. The molecule has 0 spiro atoms. The number of anilines is 1. The SMILES string of the molecule is CCCCNC(=O)C(C)N(CCc1ccccc1)C(=O)CN(c1cc(C)ccc1C)S(C)(=O)=O. The Morgan fingerprint density at radius 1 is 1.06 bits per heavy atom. The van der Waals surface area contributed by atoms with Crippen molar-refractivity contribution in [3.8, 4) is 0 Å². The summed E-state index contributed by atoms with van der Waals surface area (Å²) in [6.07, 6.45) is 3.45. The molecule has 0 fully saturated rings. The highest BCUT2D eigenvalue weighted by molar-refractivity contribution is 7.92. The number of unbranched alkanes of at least 4 members (excludes halogenated alkanes) is 1. The molecule has 0 aliphatic heterocycles. The normalized spacial score (nSPS) is 12.1. The second kappa shape index (κ2) is 12.6. The van der Waals surface area contributed by atoms with Crippen LogP contribution in [0.25, 0.3) is 0 Å². The van der Waals surface area contributed by atoms with Crippen molar-refractivity contribution in [3.63, 3.8) is 0 Å². The van der Waals surface area contributed by atoms with Gasteiger partial charge in [-0.2, -0.15) is 0 Å². The monoisotopic (exact) mass is 487 g/mol. The van der Waals surface area contributed by atoms with E-state index in [1.54, 1.807) is 13.0 Å². The zero-order valence-corrected chi connectivity index (χ0v) is 21.7. The van der Waals surface area contributed by atoms with Gasteiger partial charge < -0.3 is 10.2 Å². The number of aryl methyl sites for hydroxylation is 2. The highest BCUT2D eigenvalue weighted by atomic mass is 32.2. The Morgan fingerprint density at radius 2 is 1.74 bits per heavy atom. The molecule has 0 aliphatic rings. The Morgan fingerprint density at radius 3 is 2.35 bits per heavy atom. The number of hydrogen-bond acceptors (Lipinski definition) is 4. The maximum absolute atomic E-state index is 13.5. The van der Waals surface area contributed by atoms with Gasteiger partial charge in [0.1, 0.15) is 12.6 Å². The second-order valence-electron chi connectivity index (χ2n) is 8.70. The largest absolute Gasteiger partial charge is 0.354 e. The molecule has 2 aromatic rings. The molecule has 1 unspecified atom stereocenters. The highest BCUT2D eigenvalue weighted by Crippen LogP contribution is 2.24. The molecule has 0 heterocycles. The molecule has 2 amide bonds. The molecule has 34 heavy (non-hydrogen) atoms. The fourth-order valence-electron chi connectivity index (χ4n) is 3.69. The number of sulfonamides is 1. The van der Waals surface area contributed by atoms with Gasteiger partial charge in [0.15, 0.2) is 0 Å². The predicted octanol–water partition coefficient (Wildman–Crippen LogP) is 3.45. The number of rotatable bonds is 12. The van der Waals surface area contributed by atoms with Crippen LogP contribution >= 0.6 is 0 Å². The van der Waals surface area contributed by atoms with Crippen molar-refractivity contribution in [2.24, 2.45) is 0 Å². The first-order valence-electron chi connectivity index (χ1n) is 11.7. The fraction of sp³-hybridized carbons (Fsp3) is 0.462. The lowest BCUT2D eigenvalue weighted by atomic mass is 10.1. The first kappa shape index (κ1) is 27.4. The van der Waals surface area contributed by atoms with Gasteiger partial charge in [-0.1, -0.05) is 55.8 Å². The maximum Gasteiger partial charge on any atom is 0.244 e. The van der Waals surface area contributed by atoms with Gasteiger partial charge in [-0.25, -0.2) is 8.42 Å². The predicted molar refractivity (Wildman–Crippen MR) is 137 cm³/mol. The van der Waals surface area contributed by atoms with Crippen molar-refractivity contribution in [3.05, 3.63) is 65.2 Å². The number of carbonyl (C=O) groups is 2. The van der Waals surface area contributed by atoms with Crippen molar-refractivity contribution >= 4 is 27.5 Å². The number of benzene rings is 2. The van der Waals surface area contributed by atoms with Gasteiger partial charge in [-0.05, 0) is 56.4 Å². The van der Waals surface area contributed by atoms with Gasteiger partial charge in [0.2, 0.25) is 21.8 Å². The lowest BCUT2D eigenvalue weighted by Crippen LogP contribution is -2.52. The van der Waals surface area contributed by atoms with Crippen molar-refractivity contribution in [1.82, 2.24) is 10.2 Å². The number of hydrogen-bond donors (Lipinski definition) is 1. The Balaban J connectivity index is 2.31. The quantitative estimate of drug-likeness (QED) is 0.465. The van der Waals surface area contributed by atoms with E-state index in [1.165, 1.54) is 4.90 Å². The van der Waals surface area contributed by atoms with Crippen LogP contribution in [0.5, 0.6) is 0 Å². The summed E-state index contributed by atoms with van der Waals surface area (Å²) in [7, 11) is -3.73. The first-order chi connectivity index (χ1) is 16.0. The van der Waals surface area contributed by atoms with Gasteiger partial charge in [0.05, 0.1) is 11.9 Å². The fourth-order valence-corrected chi connectivity index (χ4v) is 4.59. The van der Waals surface area contributed by atoms with E-state index in [4.69, 9.17) is 0 Å². The van der Waals surface area contributed by atoms with Gasteiger partial charge in [-0.3, -0.25) is 13.9 Å². The van der Waals surface area contributed by atoms with Gasteiger partial charge in [0, 0.05) is 13.1 Å². The Kier molecular flexibility index (Phi) is 10.1. The topological polar surface area (TPSA) is 86.8 Å². The molecule has 8 heteroatoms. The third kappa shape index (κ3) is 7.87. The maximum atomic E-state index is 13.5.